The number of carbonyl (C=O) groups excluding carboxylic acids is 3. The van der Waals surface area contributed by atoms with Gasteiger partial charge in [-0.3, -0.25) is 24.6 Å². The van der Waals surface area contributed by atoms with Crippen molar-refractivity contribution >= 4 is 34.4 Å². The summed E-state index contributed by atoms with van der Waals surface area (Å²) in [6.45, 7) is -0.159. The molecule has 10 heteroatoms. The Bertz CT molecular complexity index is 1240. The number of hydrogen-bond acceptors (Lipinski definition) is 7. The summed E-state index contributed by atoms with van der Waals surface area (Å²) in [5.74, 6) is -2.37. The van der Waals surface area contributed by atoms with Crippen molar-refractivity contribution in [3.05, 3.63) is 68.9 Å². The first kappa shape index (κ1) is 19.1. The van der Waals surface area contributed by atoms with Gasteiger partial charge in [0.25, 0.3) is 17.5 Å². The topological polar surface area (TPSA) is 146 Å². The number of carboxylic acids is 1. The predicted molar refractivity (Wildman–Crippen MR) is 101 cm³/mol. The first-order valence-electron chi connectivity index (χ1n) is 8.87. The summed E-state index contributed by atoms with van der Waals surface area (Å²) in [6, 6.07) is 8.80. The number of rotatable bonds is 6. The Hall–Kier alpha value is -4.21. The van der Waals surface area contributed by atoms with Gasteiger partial charge >= 0.3 is 0 Å². The van der Waals surface area contributed by atoms with E-state index in [-0.39, 0.29) is 29.8 Å². The highest BCUT2D eigenvalue weighted by Crippen LogP contribution is 2.32. The van der Waals surface area contributed by atoms with Crippen LogP contribution in [0.3, 0.4) is 0 Å². The molecule has 0 unspecified atom stereocenters. The third-order valence-corrected chi connectivity index (χ3v) is 5.08. The van der Waals surface area contributed by atoms with Crippen molar-refractivity contribution in [3.63, 3.8) is 0 Å². The third-order valence-electron chi connectivity index (χ3n) is 5.08. The zero-order chi connectivity index (χ0) is 21.6. The lowest BCUT2D eigenvalue weighted by molar-refractivity contribution is -0.385. The maximum absolute atomic E-state index is 12.7. The Morgan fingerprint density at radius 3 is 2.63 bits per heavy atom. The highest BCUT2D eigenvalue weighted by molar-refractivity contribution is 6.23. The Balaban J connectivity index is 1.69. The number of aromatic amines is 1. The van der Waals surface area contributed by atoms with Gasteiger partial charge in [0.1, 0.15) is 11.3 Å². The van der Waals surface area contributed by atoms with Crippen molar-refractivity contribution < 1.29 is 29.2 Å². The number of imide groups is 1. The smallest absolute Gasteiger partial charge is 0.282 e. The van der Waals surface area contributed by atoms with Crippen LogP contribution in [0.4, 0.5) is 5.69 Å². The summed E-state index contributed by atoms with van der Waals surface area (Å²) >= 11 is 0. The molecule has 0 spiro atoms. The minimum atomic E-state index is -1.43. The van der Waals surface area contributed by atoms with E-state index in [1.54, 1.807) is 18.2 Å². The van der Waals surface area contributed by atoms with Crippen LogP contribution >= 0.6 is 0 Å². The minimum Gasteiger partial charge on any atom is -0.543 e. The van der Waals surface area contributed by atoms with Gasteiger partial charge in [-0.25, -0.2) is 0 Å². The van der Waals surface area contributed by atoms with Crippen LogP contribution in [0.5, 0.6) is 5.75 Å². The molecule has 0 fully saturated rings. The lowest BCUT2D eigenvalue weighted by atomic mass is 10.1. The Labute approximate surface area is 168 Å². The number of carboxylic acid groups (broad SMARTS) is 1. The average molecular weight is 408 g/mol. The number of nitro groups is 1. The predicted octanol–water partition coefficient (Wildman–Crippen LogP) is 1.29. The van der Waals surface area contributed by atoms with Crippen LogP contribution in [0.25, 0.3) is 10.9 Å². The van der Waals surface area contributed by atoms with Gasteiger partial charge in [-0.1, -0.05) is 6.07 Å². The summed E-state index contributed by atoms with van der Waals surface area (Å²) in [5.41, 5.74) is -0.0393. The Kier molecular flexibility index (Phi) is 4.46. The maximum Gasteiger partial charge on any atom is 0.282 e. The largest absolute Gasteiger partial charge is 0.543 e. The molecule has 2 amide bonds. The van der Waals surface area contributed by atoms with Crippen molar-refractivity contribution in [2.24, 2.45) is 0 Å². The van der Waals surface area contributed by atoms with Crippen molar-refractivity contribution in [3.8, 4) is 5.75 Å². The first-order valence-corrected chi connectivity index (χ1v) is 8.87. The normalized spacial score (nSPS) is 13.0. The number of benzene rings is 2. The van der Waals surface area contributed by atoms with Crippen LogP contribution in [0, 0.1) is 10.1 Å². The first-order chi connectivity index (χ1) is 14.3. The molecule has 10 nitrogen and oxygen atoms in total. The van der Waals surface area contributed by atoms with E-state index in [0.717, 1.165) is 11.0 Å². The number of carbonyl (C=O) groups is 3. The summed E-state index contributed by atoms with van der Waals surface area (Å²) in [7, 11) is 1.47. The molecule has 3 aromatic rings. The number of nitrogens with one attached hydrogen (secondary N) is 1. The summed E-state index contributed by atoms with van der Waals surface area (Å²) in [5, 5.41) is 23.4. The molecule has 152 valence electrons. The van der Waals surface area contributed by atoms with Crippen molar-refractivity contribution in [1.29, 1.82) is 0 Å². The molecule has 0 aliphatic carbocycles. The molecule has 0 bridgehead atoms. The fraction of sp³-hybridized carbons (Fsp3) is 0.150. The number of aromatic nitrogens is 1. The fourth-order valence-corrected chi connectivity index (χ4v) is 3.68. The van der Waals surface area contributed by atoms with E-state index in [2.05, 4.69) is 4.98 Å². The number of methoxy groups -OCH3 is 1. The highest BCUT2D eigenvalue weighted by atomic mass is 16.6. The number of aromatic carboxylic acids is 1. The molecule has 1 aliphatic heterocycles. The monoisotopic (exact) mass is 408 g/mol. The van der Waals surface area contributed by atoms with Gasteiger partial charge in [0.15, 0.2) is 0 Å². The molecule has 0 radical (unpaired) electrons. The lowest BCUT2D eigenvalue weighted by Gasteiger charge is -2.14. The van der Waals surface area contributed by atoms with Gasteiger partial charge in [-0.2, -0.15) is 0 Å². The van der Waals surface area contributed by atoms with E-state index in [9.17, 15) is 29.6 Å². The molecule has 1 N–H and O–H groups in total. The van der Waals surface area contributed by atoms with E-state index in [4.69, 9.17) is 4.74 Å². The SMILES string of the molecule is COc1ccc2[nH]c(C(=O)[O-])c(CCN3C(=O)c4cccc([N+](=O)[O-])c4C3=O)c2c1. The molecule has 4 rings (SSSR count). The number of ether oxygens (including phenoxy) is 1. The molecule has 1 aromatic heterocycles. The molecule has 0 saturated carbocycles. The van der Waals surface area contributed by atoms with Crippen LogP contribution < -0.4 is 9.84 Å². The van der Waals surface area contributed by atoms with Crippen LogP contribution in [0.2, 0.25) is 0 Å². The molecule has 0 saturated heterocycles. The van der Waals surface area contributed by atoms with Crippen molar-refractivity contribution in [2.45, 2.75) is 6.42 Å². The van der Waals surface area contributed by atoms with E-state index in [1.807, 2.05) is 0 Å². The van der Waals surface area contributed by atoms with E-state index < -0.39 is 28.4 Å². The zero-order valence-electron chi connectivity index (χ0n) is 15.6. The fourth-order valence-electron chi connectivity index (χ4n) is 3.68. The number of hydrogen-bond donors (Lipinski definition) is 1. The van der Waals surface area contributed by atoms with Gasteiger partial charge in [-0.15, -0.1) is 0 Å². The minimum absolute atomic E-state index is 0.00967. The van der Waals surface area contributed by atoms with Crippen molar-refractivity contribution in [1.82, 2.24) is 9.88 Å². The summed E-state index contributed by atoms with van der Waals surface area (Å²) in [6.07, 6.45) is 0.00967. The molecule has 0 atom stereocenters. The van der Waals surface area contributed by atoms with Crippen LogP contribution in [-0.4, -0.2) is 46.2 Å². The molecular formula is C20H14N3O7-. The van der Waals surface area contributed by atoms with E-state index >= 15 is 0 Å². The molecule has 1 aliphatic rings. The average Bonchev–Trinajstić information content (AvgIpc) is 3.21. The second kappa shape index (κ2) is 6.99. The highest BCUT2D eigenvalue weighted by Gasteiger charge is 2.40. The van der Waals surface area contributed by atoms with E-state index in [1.165, 1.54) is 19.2 Å². The number of nitro benzene ring substituents is 1. The van der Waals surface area contributed by atoms with Crippen LogP contribution in [0.1, 0.15) is 36.8 Å². The van der Waals surface area contributed by atoms with Gasteiger partial charge < -0.3 is 19.6 Å². The third kappa shape index (κ3) is 2.85. The van der Waals surface area contributed by atoms with Crippen LogP contribution in [0.15, 0.2) is 36.4 Å². The Morgan fingerprint density at radius 1 is 1.20 bits per heavy atom. The van der Waals surface area contributed by atoms with Gasteiger partial charge in [0.05, 0.1) is 29.3 Å². The van der Waals surface area contributed by atoms with Gasteiger partial charge in [0, 0.05) is 23.5 Å². The maximum atomic E-state index is 12.7. The number of H-pyrrole nitrogens is 1. The number of fused-ring (bicyclic) bond motifs is 2. The second-order valence-corrected chi connectivity index (χ2v) is 6.65. The second-order valence-electron chi connectivity index (χ2n) is 6.65. The van der Waals surface area contributed by atoms with Crippen LogP contribution in [-0.2, 0) is 6.42 Å². The quantitative estimate of drug-likeness (QED) is 0.367. The van der Waals surface area contributed by atoms with Crippen molar-refractivity contribution in [2.75, 3.05) is 13.7 Å². The molecule has 2 aromatic carbocycles. The number of nitrogens with zero attached hydrogens (tertiary/aromatic N) is 2. The summed E-state index contributed by atoms with van der Waals surface area (Å²) in [4.78, 5) is 51.1. The molecule has 30 heavy (non-hydrogen) atoms. The lowest BCUT2D eigenvalue weighted by Crippen LogP contribution is -2.32. The van der Waals surface area contributed by atoms with Gasteiger partial charge in [0.2, 0.25) is 0 Å². The standard InChI is InChI=1S/C20H15N3O7/c1-30-10-5-6-14-13(9-10)11(17(21-14)20(26)27)7-8-22-18(24)12-3-2-4-15(23(28)29)16(12)19(22)25/h2-6,9,21H,7-8H2,1H3,(H,26,27)/p-1. The number of amides is 2. The molecular weight excluding hydrogens is 394 g/mol. The zero-order valence-corrected chi connectivity index (χ0v) is 15.6. The Morgan fingerprint density at radius 2 is 1.97 bits per heavy atom. The summed E-state index contributed by atoms with van der Waals surface area (Å²) < 4.78 is 5.18. The van der Waals surface area contributed by atoms with Gasteiger partial charge in [-0.05, 0) is 36.2 Å². The molecule has 2 heterocycles. The van der Waals surface area contributed by atoms with E-state index in [0.29, 0.717) is 22.2 Å².